The molecule has 0 aliphatic carbocycles. The Hall–Kier alpha value is 1.82. The van der Waals surface area contributed by atoms with Gasteiger partial charge in [-0.1, -0.05) is 20.8 Å². The molecule has 13 N–H and O–H groups in total. The van der Waals surface area contributed by atoms with Crippen LogP contribution in [0.1, 0.15) is 123 Å². The largest absolute Gasteiger partial charge is 0.397 e. The molecule has 0 aromatic heterocycles. The van der Waals surface area contributed by atoms with Crippen LogP contribution in [0, 0.1) is 42.8 Å². The number of hydrogen-bond acceptors (Lipinski definition) is 18. The Labute approximate surface area is 714 Å². The minimum Gasteiger partial charge on any atom is -0.397 e. The molecule has 0 spiro atoms. The summed E-state index contributed by atoms with van der Waals surface area (Å²) in [5, 5.41) is 65.1. The van der Waals surface area contributed by atoms with Gasteiger partial charge in [-0.05, 0) is 329 Å². The van der Waals surface area contributed by atoms with Gasteiger partial charge in [0.25, 0.3) is 43.9 Å². The Morgan fingerprint density at radius 2 is 0.620 bits per heavy atom. The van der Waals surface area contributed by atoms with Gasteiger partial charge in [0, 0.05) is 60.2 Å². The van der Waals surface area contributed by atoms with Crippen LogP contribution in [-0.2, 0) is 14.4 Å². The zero-order chi connectivity index (χ0) is 71.4. The first-order valence-electron chi connectivity index (χ1n) is 24.8. The molecule has 6 amide bonds. The van der Waals surface area contributed by atoms with E-state index in [1.54, 1.807) is 20.8 Å². The number of carbonyl (C=O) groups excluding carboxylic acids is 11. The Kier molecular flexibility index (Phi) is 44.3. The maximum absolute atomic E-state index is 13.1. The summed E-state index contributed by atoms with van der Waals surface area (Å²) in [5.74, 6) is -2.45. The van der Waals surface area contributed by atoms with E-state index in [0.717, 1.165) is 0 Å². The lowest BCUT2D eigenvalue weighted by Gasteiger charge is -2.24. The van der Waals surface area contributed by atoms with Gasteiger partial charge in [-0.25, -0.2) is 0 Å². The van der Waals surface area contributed by atoms with Crippen LogP contribution in [0.15, 0.2) is 0 Å². The topological polar surface area (TPSA) is 399 Å². The predicted octanol–water partition coefficient (Wildman–Crippen LogP) is 11.1. The minimum atomic E-state index is -1.14. The molecule has 0 aliphatic rings. The molecule has 24 nitrogen and oxygen atoms in total. The van der Waals surface area contributed by atoms with Gasteiger partial charge in [-0.3, -0.25) is 52.7 Å². The van der Waals surface area contributed by atoms with E-state index in [4.69, 9.17) is 79.1 Å². The van der Waals surface area contributed by atoms with E-state index in [2.05, 4.69) is 26.6 Å². The van der Waals surface area contributed by atoms with Crippen molar-refractivity contribution < 1.29 is 83.4 Å². The number of carbonyl (C=O) groups is 11. The van der Waals surface area contributed by atoms with Crippen LogP contribution < -0.4 is 32.3 Å². The van der Waals surface area contributed by atoms with Crippen LogP contribution in [0.3, 0.4) is 0 Å². The fourth-order valence-corrected chi connectivity index (χ4v) is 26.4. The van der Waals surface area contributed by atoms with Crippen molar-refractivity contribution in [2.24, 2.45) is 0 Å². The molecule has 3 atom stereocenters. The number of amides is 6. The number of halogens is 17. The van der Waals surface area contributed by atoms with Gasteiger partial charge in [0.1, 0.15) is 0 Å². The molecule has 506 valence electrons. The summed E-state index contributed by atoms with van der Waals surface area (Å²) in [5.41, 5.74) is 8.54. The Bertz CT molecular complexity index is 3500. The Morgan fingerprint density at radius 1 is 0.391 bits per heavy atom. The number of hydrogen-bond donors (Lipinski definition) is 12. The second-order valence-electron chi connectivity index (χ2n) is 17.5. The molecule has 92 heavy (non-hydrogen) atoms. The highest BCUT2D eigenvalue weighted by Gasteiger charge is 2.33. The van der Waals surface area contributed by atoms with Gasteiger partial charge in [-0.2, -0.15) is 0 Å². The van der Waals surface area contributed by atoms with Crippen LogP contribution in [0.4, 0.5) is 22.7 Å². The van der Waals surface area contributed by atoms with Gasteiger partial charge in [0.2, 0.25) is 17.7 Å². The molecule has 0 radical (unpaired) electrons. The number of nitrogens with one attached hydrogen (secondary N) is 5. The van der Waals surface area contributed by atoms with Crippen molar-refractivity contribution in [2.45, 2.75) is 58.3 Å². The third kappa shape index (κ3) is 25.7. The molecule has 3 unspecified atom stereocenters. The molecule has 0 bridgehead atoms. The molecule has 0 heterocycles. The SMILES string of the molecule is CCC(=O)Nc1c(I)c(C(=O)Cl)c(I)c(C(=O)Cl)c1I.CCC(=O)Nc1c(I)c(C(=O)Cl)c(I)c(C(=O)NCC(O)CO)c1I.CCC(=O)Nc1c(I)c(C(=O)NCC(O)CO)c(I)c(C(=O)N(C)CC(O)CO)c1I.Nc1c(I)c(C(=O)Cl)c(I)c(C(=O)Cl)c1I. The third-order valence-electron chi connectivity index (χ3n) is 11.2. The Morgan fingerprint density at radius 3 is 0.870 bits per heavy atom. The quantitative estimate of drug-likeness (QED) is 0.0186. The van der Waals surface area contributed by atoms with Crippen LogP contribution in [-0.4, -0.2) is 162 Å². The molecule has 0 saturated carbocycles. The van der Waals surface area contributed by atoms with Crippen molar-refractivity contribution in [1.82, 2.24) is 15.5 Å². The van der Waals surface area contributed by atoms with Gasteiger partial charge < -0.3 is 67.9 Å². The number of nitrogens with two attached hydrogens (primary N) is 1. The van der Waals surface area contributed by atoms with E-state index in [1.165, 1.54) is 11.9 Å². The average molecular weight is 2730 g/mol. The zero-order valence-corrected chi connectivity index (χ0v) is 76.4. The number of nitrogens with zero attached hydrogens (tertiary/aromatic N) is 1. The van der Waals surface area contributed by atoms with Gasteiger partial charge >= 0.3 is 0 Å². The standard InChI is InChI=1S/C18H24I3N3O7.C14H14ClI3N2O5.C11H6Cl2I3NO3.C8H2Cl2I3NO2/c1-3-10(29)23-16-14(20)11(17(30)22-4-8(27)6-25)13(19)12(15(16)21)18(31)24(2)5-9(28)7-26;1-2-6(23)20-12-10(17)7(13(15)24)9(16)8(11(12)18)14(25)19-3-5(22)4-21;1-2-3(18)17-9-7(15)4(10(12)19)6(14)5(8(9)16)11(13)20;9-7(15)1-3(11)2(8(10)16)5(13)6(14)4(1)12/h8-9,25-28H,3-7H2,1-2H3,(H,22,30)(H,23,29);5,21-22H,2-4H2,1H3,(H,19,25)(H,20,23);2H2,1H3,(H,17,18);14H2. The molecule has 0 saturated heterocycles. The van der Waals surface area contributed by atoms with Gasteiger partial charge in [-0.15, -0.1) is 0 Å². The van der Waals surface area contributed by atoms with Crippen LogP contribution in [0.5, 0.6) is 0 Å². The number of nitrogen functional groups attached to an aromatic ring is 1. The predicted molar refractivity (Wildman–Crippen MR) is 451 cm³/mol. The molecule has 0 fully saturated rings. The molecule has 0 aliphatic heterocycles. The summed E-state index contributed by atoms with van der Waals surface area (Å²) < 4.78 is 5.26. The minimum absolute atomic E-state index is 0.127. The third-order valence-corrected chi connectivity index (χ3v) is 25.1. The smallest absolute Gasteiger partial charge is 0.255 e. The van der Waals surface area contributed by atoms with Crippen LogP contribution in [0.2, 0.25) is 0 Å². The lowest BCUT2D eigenvalue weighted by Crippen LogP contribution is -2.38. The number of rotatable bonds is 23. The summed E-state index contributed by atoms with van der Waals surface area (Å²) in [7, 11) is 1.45. The molecular weight excluding hydrogens is 2680 g/mol. The average Bonchev–Trinajstić information content (AvgIpc) is 0.805. The molecule has 4 aromatic carbocycles. The number of likely N-dealkylation sites (N-methyl/N-ethyl adjacent to an activating group) is 1. The van der Waals surface area contributed by atoms with Crippen molar-refractivity contribution >= 4 is 413 Å². The van der Waals surface area contributed by atoms with Crippen LogP contribution in [0.25, 0.3) is 0 Å². The van der Waals surface area contributed by atoms with Crippen molar-refractivity contribution in [3.63, 3.8) is 0 Å². The van der Waals surface area contributed by atoms with E-state index < -0.39 is 82.1 Å². The molecule has 41 heteroatoms. The highest BCUT2D eigenvalue weighted by molar-refractivity contribution is 14.1. The maximum Gasteiger partial charge on any atom is 0.255 e. The van der Waals surface area contributed by atoms with Crippen LogP contribution >= 0.6 is 329 Å². The maximum atomic E-state index is 13.1. The highest BCUT2D eigenvalue weighted by Crippen LogP contribution is 2.40. The molecule has 4 aromatic rings. The summed E-state index contributed by atoms with van der Waals surface area (Å²) in [4.78, 5) is 133. The summed E-state index contributed by atoms with van der Waals surface area (Å²) >= 11 is 50.4. The van der Waals surface area contributed by atoms with Gasteiger partial charge in [0.05, 0.1) is 134 Å². The fourth-order valence-electron chi connectivity index (χ4n) is 6.51. The van der Waals surface area contributed by atoms with Crippen molar-refractivity contribution in [3.05, 3.63) is 87.3 Å². The van der Waals surface area contributed by atoms with Crippen molar-refractivity contribution in [3.8, 4) is 0 Å². The fraction of sp³-hybridized carbons (Fsp3) is 0.314. The zero-order valence-electron chi connectivity index (χ0n) is 46.7. The summed E-state index contributed by atoms with van der Waals surface area (Å²) in [6.07, 6.45) is -2.69. The van der Waals surface area contributed by atoms with Crippen molar-refractivity contribution in [1.29, 1.82) is 0 Å². The van der Waals surface area contributed by atoms with E-state index in [1.807, 2.05) is 271 Å². The monoisotopic (exact) mass is 2730 g/mol. The highest BCUT2D eigenvalue weighted by atomic mass is 127. The summed E-state index contributed by atoms with van der Waals surface area (Å²) in [6, 6.07) is 0. The van der Waals surface area contributed by atoms with E-state index in [9.17, 15) is 68.1 Å². The number of benzene rings is 4. The first kappa shape index (κ1) is 91.8. The molecular formula is C51H46Cl5I12N7O17. The Balaban J connectivity index is 0.000000630. The second-order valence-corrected chi connectivity index (χ2v) is 32.2. The first-order chi connectivity index (χ1) is 42.6. The summed E-state index contributed by atoms with van der Waals surface area (Å²) in [6.45, 7) is 3.02. The van der Waals surface area contributed by atoms with E-state index in [-0.39, 0.29) is 101 Å². The van der Waals surface area contributed by atoms with E-state index >= 15 is 0 Å². The lowest BCUT2D eigenvalue weighted by molar-refractivity contribution is -0.116. The first-order valence-corrected chi connectivity index (χ1v) is 39.6. The number of aliphatic hydroxyl groups is 6. The normalized spacial score (nSPS) is 11.6. The molecule has 4 rings (SSSR count). The second kappa shape index (κ2) is 44.4. The number of anilines is 4. The van der Waals surface area contributed by atoms with E-state index in [0.29, 0.717) is 65.6 Å². The van der Waals surface area contributed by atoms with Crippen molar-refractivity contribution in [2.75, 3.05) is 68.2 Å². The van der Waals surface area contributed by atoms with Gasteiger partial charge in [0.15, 0.2) is 0 Å². The number of aliphatic hydroxyl groups excluding tert-OH is 6. The lowest BCUT2D eigenvalue weighted by atomic mass is 10.1.